The van der Waals surface area contributed by atoms with Gasteiger partial charge in [-0.15, -0.1) is 0 Å². The topological polar surface area (TPSA) is 19.6 Å². The number of hydrogen-bond donors (Lipinski definition) is 0. The van der Waals surface area contributed by atoms with E-state index in [1.807, 2.05) is 23.5 Å². The van der Waals surface area contributed by atoms with E-state index in [2.05, 4.69) is 187 Å². The fraction of sp³-hybridized carbons (Fsp3) is 0.0400. The Balaban J connectivity index is 1.19. The van der Waals surface area contributed by atoms with Crippen molar-refractivity contribution in [1.29, 1.82) is 0 Å². The van der Waals surface area contributed by atoms with Crippen molar-refractivity contribution in [2.75, 3.05) is 9.71 Å². The minimum atomic E-state index is -2.12. The second-order valence-corrected chi connectivity index (χ2v) is 22.5. The molecule has 3 nitrogen and oxygen atoms in total. The van der Waals surface area contributed by atoms with E-state index >= 15 is 0 Å². The van der Waals surface area contributed by atoms with Crippen LogP contribution in [0.2, 0.25) is 13.1 Å². The van der Waals surface area contributed by atoms with Crippen molar-refractivity contribution in [1.82, 2.24) is 0 Å². The third kappa shape index (κ3) is 4.37. The van der Waals surface area contributed by atoms with Crippen LogP contribution in [0.15, 0.2) is 188 Å². The Morgan fingerprint density at radius 3 is 2.09 bits per heavy atom. The fourth-order valence-corrected chi connectivity index (χ4v) is 15.4. The molecule has 1 aromatic heterocycles. The summed E-state index contributed by atoms with van der Waals surface area (Å²) in [6, 6.07) is 61.1. The lowest BCUT2D eigenvalue weighted by Crippen LogP contribution is -2.67. The number of para-hydroxylation sites is 3. The van der Waals surface area contributed by atoms with Gasteiger partial charge in [-0.1, -0.05) is 146 Å². The van der Waals surface area contributed by atoms with Gasteiger partial charge >= 0.3 is 6.85 Å². The molecule has 0 radical (unpaired) electrons. The summed E-state index contributed by atoms with van der Waals surface area (Å²) in [4.78, 5) is 10.5. The Morgan fingerprint density at radius 1 is 0.526 bits per heavy atom. The van der Waals surface area contributed by atoms with Crippen LogP contribution in [0, 0.1) is 0 Å². The van der Waals surface area contributed by atoms with E-state index in [9.17, 15) is 0 Å². The van der Waals surface area contributed by atoms with Gasteiger partial charge < -0.3 is 14.1 Å². The van der Waals surface area contributed by atoms with Crippen LogP contribution in [0.4, 0.5) is 28.4 Å². The molecule has 4 aliphatic heterocycles. The molecule has 268 valence electrons. The molecule has 5 heterocycles. The van der Waals surface area contributed by atoms with Crippen molar-refractivity contribution in [3.63, 3.8) is 0 Å². The van der Waals surface area contributed by atoms with Gasteiger partial charge in [-0.2, -0.15) is 0 Å². The van der Waals surface area contributed by atoms with Crippen molar-refractivity contribution in [2.45, 2.75) is 32.7 Å². The zero-order valence-electron chi connectivity index (χ0n) is 31.3. The predicted octanol–water partition coefficient (Wildman–Crippen LogP) is 11.7. The van der Waals surface area contributed by atoms with Gasteiger partial charge in [0.15, 0.2) is 5.58 Å². The zero-order chi connectivity index (χ0) is 37.6. The van der Waals surface area contributed by atoms with Gasteiger partial charge in [0.1, 0.15) is 13.7 Å². The van der Waals surface area contributed by atoms with Crippen LogP contribution in [0.3, 0.4) is 0 Å². The van der Waals surface area contributed by atoms with Gasteiger partial charge in [0, 0.05) is 58.7 Å². The average Bonchev–Trinajstić information content (AvgIpc) is 3.63. The highest BCUT2D eigenvalue weighted by Gasteiger charge is 2.51. The first kappa shape index (κ1) is 32.3. The summed E-state index contributed by atoms with van der Waals surface area (Å²) in [5.41, 5.74) is 15.7. The maximum atomic E-state index is 7.08. The smallest absolute Gasteiger partial charge is 0.333 e. The van der Waals surface area contributed by atoms with Gasteiger partial charge in [0.25, 0.3) is 0 Å². The molecule has 0 fully saturated rings. The van der Waals surface area contributed by atoms with Crippen LogP contribution >= 0.6 is 23.5 Å². The maximum Gasteiger partial charge on any atom is 0.333 e. The summed E-state index contributed by atoms with van der Waals surface area (Å²) < 4.78 is 7.08. The molecule has 0 aliphatic carbocycles. The number of furan rings is 1. The number of fused-ring (bicyclic) bond motifs is 12. The Hall–Kier alpha value is -5.86. The van der Waals surface area contributed by atoms with E-state index in [0.29, 0.717) is 0 Å². The SMILES string of the molecule is C[Si]1(C)c2ccccc2N2c3c(cccc31)B1c3c(cc4c(oc5ccccc54)c32)-c2cc3c(cc2N1c1cccc(-c2ccccc2)c1)Sc1ccccc1S3. The molecule has 0 bridgehead atoms. The third-order valence-corrected chi connectivity index (χ3v) is 18.7. The molecule has 0 spiro atoms. The molecular weight excluding hydrogens is 748 g/mol. The number of benzene rings is 8. The van der Waals surface area contributed by atoms with Gasteiger partial charge in [0.2, 0.25) is 0 Å². The first-order chi connectivity index (χ1) is 28.0. The lowest BCUT2D eigenvalue weighted by Gasteiger charge is -2.50. The molecular formula is C50H33BN2OS2Si. The largest absolute Gasteiger partial charge is 0.454 e. The average molecular weight is 781 g/mol. The van der Waals surface area contributed by atoms with Crippen molar-refractivity contribution in [3.05, 3.63) is 164 Å². The lowest BCUT2D eigenvalue weighted by molar-refractivity contribution is 0.669. The van der Waals surface area contributed by atoms with Gasteiger partial charge in [-0.25, -0.2) is 0 Å². The van der Waals surface area contributed by atoms with Gasteiger partial charge in [-0.3, -0.25) is 0 Å². The molecule has 57 heavy (non-hydrogen) atoms. The zero-order valence-corrected chi connectivity index (χ0v) is 33.9. The monoisotopic (exact) mass is 780 g/mol. The fourth-order valence-electron chi connectivity index (χ4n) is 10.1. The van der Waals surface area contributed by atoms with Crippen LogP contribution in [0.1, 0.15) is 0 Å². The molecule has 13 rings (SSSR count). The molecule has 4 aliphatic rings. The quantitative estimate of drug-likeness (QED) is 0.162. The minimum absolute atomic E-state index is 0.0982. The van der Waals surface area contributed by atoms with Crippen LogP contribution < -0.4 is 31.0 Å². The molecule has 0 saturated carbocycles. The number of hydrogen-bond acceptors (Lipinski definition) is 5. The summed E-state index contributed by atoms with van der Waals surface area (Å²) in [6.07, 6.45) is 0. The van der Waals surface area contributed by atoms with E-state index in [-0.39, 0.29) is 6.85 Å². The second kappa shape index (κ2) is 11.6. The molecule has 0 amide bonds. The normalized spacial score (nSPS) is 15.1. The molecule has 0 atom stereocenters. The highest BCUT2D eigenvalue weighted by molar-refractivity contribution is 8.05. The molecule has 0 unspecified atom stereocenters. The van der Waals surface area contributed by atoms with E-state index in [0.717, 1.165) is 21.9 Å². The Morgan fingerprint density at radius 2 is 1.23 bits per heavy atom. The maximum absolute atomic E-state index is 7.08. The Bertz CT molecular complexity index is 3210. The Labute approximate surface area is 341 Å². The number of rotatable bonds is 2. The lowest BCUT2D eigenvalue weighted by atomic mass is 9.43. The second-order valence-electron chi connectivity index (χ2n) is 16.0. The van der Waals surface area contributed by atoms with Crippen LogP contribution in [0.25, 0.3) is 44.2 Å². The summed E-state index contributed by atoms with van der Waals surface area (Å²) in [6.45, 7) is 4.95. The predicted molar refractivity (Wildman–Crippen MR) is 244 cm³/mol. The van der Waals surface area contributed by atoms with Crippen molar-refractivity contribution in [2.24, 2.45) is 0 Å². The third-order valence-electron chi connectivity index (χ3n) is 12.6. The molecule has 8 aromatic carbocycles. The van der Waals surface area contributed by atoms with Crippen LogP contribution in [-0.2, 0) is 0 Å². The van der Waals surface area contributed by atoms with E-state index < -0.39 is 8.07 Å². The minimum Gasteiger partial charge on any atom is -0.454 e. The van der Waals surface area contributed by atoms with Gasteiger partial charge in [0.05, 0.1) is 5.69 Å². The summed E-state index contributed by atoms with van der Waals surface area (Å²) >= 11 is 3.78. The van der Waals surface area contributed by atoms with E-state index in [1.54, 1.807) is 0 Å². The van der Waals surface area contributed by atoms with Crippen molar-refractivity contribution in [3.8, 4) is 22.3 Å². The molecule has 7 heteroatoms. The Kier molecular flexibility index (Phi) is 6.57. The highest BCUT2D eigenvalue weighted by Crippen LogP contribution is 2.56. The standard InChI is InChI=1S/C50H33BN2OS2Si/c1-57(2)45-24-11-7-20-38(45)52-48-37(19-13-25-46(48)57)51-47-35(27-36-33-18-6-8-21-40(33)54-50(36)49(47)52)34-28-43-44(56-42-23-10-9-22-41(42)55-43)29-39(34)53(51)32-17-12-16-31(26-32)30-14-4-3-5-15-30/h3-29H,1-2H3. The highest BCUT2D eigenvalue weighted by atomic mass is 32.2. The van der Waals surface area contributed by atoms with Gasteiger partial charge in [-0.05, 0) is 92.6 Å². The summed E-state index contributed by atoms with van der Waals surface area (Å²) in [7, 11) is -2.12. The molecule has 0 saturated heterocycles. The number of anilines is 5. The number of nitrogens with zero attached hydrogens (tertiary/aromatic N) is 2. The van der Waals surface area contributed by atoms with Crippen molar-refractivity contribution < 1.29 is 4.42 Å². The molecule has 0 N–H and O–H groups in total. The van der Waals surface area contributed by atoms with Crippen molar-refractivity contribution >= 4 is 110 Å². The van der Waals surface area contributed by atoms with E-state index in [4.69, 9.17) is 4.42 Å². The van der Waals surface area contributed by atoms with Crippen LogP contribution in [0.5, 0.6) is 0 Å². The van der Waals surface area contributed by atoms with Crippen LogP contribution in [-0.4, -0.2) is 14.9 Å². The summed E-state index contributed by atoms with van der Waals surface area (Å²) in [5, 5.41) is 5.24. The first-order valence-corrected chi connectivity index (χ1v) is 24.3. The van der Waals surface area contributed by atoms with E-state index in [1.165, 1.54) is 91.6 Å². The molecule has 9 aromatic rings. The first-order valence-electron chi connectivity index (χ1n) is 19.6. The summed E-state index contributed by atoms with van der Waals surface area (Å²) in [5.74, 6) is 0.